The highest BCUT2D eigenvalue weighted by Crippen LogP contribution is 2.33. The number of hydrogen-bond acceptors (Lipinski definition) is 3. The van der Waals surface area contributed by atoms with E-state index in [0.717, 1.165) is 16.5 Å². The Bertz CT molecular complexity index is 937. The van der Waals surface area contributed by atoms with Gasteiger partial charge in [-0.25, -0.2) is 0 Å². The molecule has 0 atom stereocenters. The van der Waals surface area contributed by atoms with Crippen molar-refractivity contribution < 1.29 is 4.42 Å². The largest absolute Gasteiger partial charge is 0.438 e. The first kappa shape index (κ1) is 13.4. The fraction of sp³-hybridized carbons (Fsp3) is 0.0588. The fourth-order valence-corrected chi connectivity index (χ4v) is 2.52. The molecule has 0 aliphatic carbocycles. The van der Waals surface area contributed by atoms with Crippen LogP contribution in [0.5, 0.6) is 0 Å². The zero-order valence-corrected chi connectivity index (χ0v) is 12.0. The lowest BCUT2D eigenvalue weighted by atomic mass is 9.97. The van der Waals surface area contributed by atoms with Crippen molar-refractivity contribution in [3.8, 4) is 17.2 Å². The van der Waals surface area contributed by atoms with Gasteiger partial charge in [-0.1, -0.05) is 41.9 Å². The third-order valence-corrected chi connectivity index (χ3v) is 3.80. The van der Waals surface area contributed by atoms with Gasteiger partial charge < -0.3 is 4.42 Å². The molecule has 0 fully saturated rings. The molecule has 3 aromatic rings. The van der Waals surface area contributed by atoms with Gasteiger partial charge in [-0.3, -0.25) is 5.41 Å². The van der Waals surface area contributed by atoms with Gasteiger partial charge in [0.25, 0.3) is 0 Å². The lowest BCUT2D eigenvalue weighted by Crippen LogP contribution is -2.07. The van der Waals surface area contributed by atoms with E-state index in [-0.39, 0.29) is 11.1 Å². The molecule has 1 aromatic heterocycles. The predicted molar refractivity (Wildman–Crippen MR) is 82.0 cm³/mol. The first-order chi connectivity index (χ1) is 10.1. The van der Waals surface area contributed by atoms with Crippen LogP contribution in [-0.2, 0) is 0 Å². The lowest BCUT2D eigenvalue weighted by Gasteiger charge is -2.10. The van der Waals surface area contributed by atoms with E-state index in [1.807, 2.05) is 37.3 Å². The molecule has 0 saturated heterocycles. The quantitative estimate of drug-likeness (QED) is 0.722. The summed E-state index contributed by atoms with van der Waals surface area (Å²) in [6, 6.07) is 15.2. The van der Waals surface area contributed by atoms with Crippen LogP contribution in [0.15, 0.2) is 46.9 Å². The minimum absolute atomic E-state index is 0.134. The molecule has 0 aliphatic rings. The highest BCUT2D eigenvalue weighted by atomic mass is 35.5. The third-order valence-electron chi connectivity index (χ3n) is 3.39. The molecule has 1 heterocycles. The number of nitriles is 1. The second-order valence-electron chi connectivity index (χ2n) is 4.76. The SMILES string of the molecule is Cc1cc2oc(=N)c(C#N)c(-c3ccccc3)c2cc1Cl. The molecule has 2 aromatic carbocycles. The molecule has 0 aliphatic heterocycles. The van der Waals surface area contributed by atoms with Crippen molar-refractivity contribution >= 4 is 22.6 Å². The predicted octanol–water partition coefficient (Wildman–Crippen LogP) is 4.41. The number of fused-ring (bicyclic) bond motifs is 1. The van der Waals surface area contributed by atoms with Crippen molar-refractivity contribution in [3.05, 3.63) is 64.2 Å². The van der Waals surface area contributed by atoms with Crippen LogP contribution in [0.4, 0.5) is 0 Å². The topological polar surface area (TPSA) is 60.8 Å². The molecular formula is C17H11ClN2O. The van der Waals surface area contributed by atoms with Crippen molar-refractivity contribution in [3.63, 3.8) is 0 Å². The Balaban J connectivity index is 2.53. The van der Waals surface area contributed by atoms with E-state index < -0.39 is 0 Å². The third kappa shape index (κ3) is 2.20. The van der Waals surface area contributed by atoms with E-state index in [1.165, 1.54) is 0 Å². The second kappa shape index (κ2) is 5.08. The van der Waals surface area contributed by atoms with Gasteiger partial charge in [-0.05, 0) is 30.2 Å². The zero-order chi connectivity index (χ0) is 15.0. The number of hydrogen-bond donors (Lipinski definition) is 1. The summed E-state index contributed by atoms with van der Waals surface area (Å²) in [6.45, 7) is 1.88. The minimum atomic E-state index is -0.134. The van der Waals surface area contributed by atoms with E-state index in [2.05, 4.69) is 6.07 Å². The molecule has 3 rings (SSSR count). The van der Waals surface area contributed by atoms with Gasteiger partial charge in [-0.2, -0.15) is 5.26 Å². The Morgan fingerprint density at radius 2 is 1.90 bits per heavy atom. The molecule has 0 saturated carbocycles. The summed E-state index contributed by atoms with van der Waals surface area (Å²) in [5.41, 5.74) is 3.06. The monoisotopic (exact) mass is 294 g/mol. The van der Waals surface area contributed by atoms with Crippen LogP contribution < -0.4 is 5.55 Å². The number of nitrogens with one attached hydrogen (secondary N) is 1. The van der Waals surface area contributed by atoms with Crippen LogP contribution in [-0.4, -0.2) is 0 Å². The van der Waals surface area contributed by atoms with Gasteiger partial charge in [0.1, 0.15) is 17.2 Å². The molecule has 4 heteroatoms. The summed E-state index contributed by atoms with van der Waals surface area (Å²) in [4.78, 5) is 0. The average molecular weight is 295 g/mol. The van der Waals surface area contributed by atoms with Crippen molar-refractivity contribution in [2.45, 2.75) is 6.92 Å². The van der Waals surface area contributed by atoms with Crippen LogP contribution in [0.3, 0.4) is 0 Å². The molecule has 1 N–H and O–H groups in total. The number of rotatable bonds is 1. The van der Waals surface area contributed by atoms with E-state index in [9.17, 15) is 5.26 Å². The Morgan fingerprint density at radius 3 is 2.57 bits per heavy atom. The summed E-state index contributed by atoms with van der Waals surface area (Å²) < 4.78 is 5.47. The summed E-state index contributed by atoms with van der Waals surface area (Å²) in [7, 11) is 0. The Hall–Kier alpha value is -2.57. The maximum Gasteiger partial charge on any atom is 0.230 e. The number of halogens is 1. The van der Waals surface area contributed by atoms with Crippen LogP contribution in [0.25, 0.3) is 22.1 Å². The van der Waals surface area contributed by atoms with Gasteiger partial charge in [0.05, 0.1) is 0 Å². The standard InChI is InChI=1S/C17H11ClN2O/c1-10-7-15-12(8-14(10)18)16(11-5-3-2-4-6-11)13(9-19)17(20)21-15/h2-8,20H,1H3. The van der Waals surface area contributed by atoms with Crippen LogP contribution >= 0.6 is 11.6 Å². The van der Waals surface area contributed by atoms with Gasteiger partial charge in [-0.15, -0.1) is 0 Å². The molecule has 0 spiro atoms. The molecule has 0 radical (unpaired) electrons. The van der Waals surface area contributed by atoms with Crippen molar-refractivity contribution in [2.24, 2.45) is 0 Å². The second-order valence-corrected chi connectivity index (χ2v) is 5.16. The number of aryl methyl sites for hydroxylation is 1. The minimum Gasteiger partial charge on any atom is -0.438 e. The van der Waals surface area contributed by atoms with Gasteiger partial charge in [0.2, 0.25) is 5.55 Å². The normalized spacial score (nSPS) is 10.5. The molecular weight excluding hydrogens is 284 g/mol. The number of benzene rings is 2. The van der Waals surface area contributed by atoms with E-state index in [0.29, 0.717) is 16.2 Å². The lowest BCUT2D eigenvalue weighted by molar-refractivity contribution is 0.531. The van der Waals surface area contributed by atoms with E-state index in [1.54, 1.807) is 12.1 Å². The average Bonchev–Trinajstić information content (AvgIpc) is 2.49. The van der Waals surface area contributed by atoms with Crippen molar-refractivity contribution in [1.29, 1.82) is 10.7 Å². The highest BCUT2D eigenvalue weighted by Gasteiger charge is 2.15. The first-order valence-corrected chi connectivity index (χ1v) is 6.76. The van der Waals surface area contributed by atoms with Gasteiger partial charge in [0, 0.05) is 16.0 Å². The zero-order valence-electron chi connectivity index (χ0n) is 11.3. The first-order valence-electron chi connectivity index (χ1n) is 6.39. The van der Waals surface area contributed by atoms with E-state index in [4.69, 9.17) is 21.4 Å². The van der Waals surface area contributed by atoms with Crippen molar-refractivity contribution in [2.75, 3.05) is 0 Å². The van der Waals surface area contributed by atoms with Gasteiger partial charge >= 0.3 is 0 Å². The molecule has 21 heavy (non-hydrogen) atoms. The summed E-state index contributed by atoms with van der Waals surface area (Å²) >= 11 is 6.21. The van der Waals surface area contributed by atoms with Crippen molar-refractivity contribution in [1.82, 2.24) is 0 Å². The van der Waals surface area contributed by atoms with E-state index >= 15 is 0 Å². The molecule has 0 unspecified atom stereocenters. The van der Waals surface area contributed by atoms with Gasteiger partial charge in [0.15, 0.2) is 0 Å². The molecule has 102 valence electrons. The van der Waals surface area contributed by atoms with Crippen LogP contribution in [0.1, 0.15) is 11.1 Å². The maximum atomic E-state index is 9.38. The Labute approximate surface area is 126 Å². The summed E-state index contributed by atoms with van der Waals surface area (Å²) in [6.07, 6.45) is 0. The maximum absolute atomic E-state index is 9.38. The highest BCUT2D eigenvalue weighted by molar-refractivity contribution is 6.32. The fourth-order valence-electron chi connectivity index (χ4n) is 2.36. The summed E-state index contributed by atoms with van der Waals surface area (Å²) in [5.74, 6) is 0. The smallest absolute Gasteiger partial charge is 0.230 e. The van der Waals surface area contributed by atoms with Crippen LogP contribution in [0, 0.1) is 23.7 Å². The molecule has 0 amide bonds. The number of nitrogens with zero attached hydrogens (tertiary/aromatic N) is 1. The molecule has 0 bridgehead atoms. The summed E-state index contributed by atoms with van der Waals surface area (Å²) in [5, 5.41) is 18.7. The Kier molecular flexibility index (Phi) is 3.25. The van der Waals surface area contributed by atoms with Crippen LogP contribution in [0.2, 0.25) is 5.02 Å². The Morgan fingerprint density at radius 1 is 1.19 bits per heavy atom. The molecule has 3 nitrogen and oxygen atoms in total.